The number of fused-ring (bicyclic) bond motifs is 4. The van der Waals surface area contributed by atoms with Gasteiger partial charge in [-0.25, -0.2) is 4.58 Å². The highest BCUT2D eigenvalue weighted by Gasteiger charge is 2.51. The number of non-ortho nitro benzene ring substituents is 1. The van der Waals surface area contributed by atoms with Crippen molar-refractivity contribution in [3.63, 3.8) is 0 Å². The summed E-state index contributed by atoms with van der Waals surface area (Å²) in [5.74, 6) is -0.480. The molecule has 1 aromatic heterocycles. The summed E-state index contributed by atoms with van der Waals surface area (Å²) in [6, 6.07) is 11.5. The second kappa shape index (κ2) is 10.3. The van der Waals surface area contributed by atoms with E-state index in [9.17, 15) is 25.0 Å². The van der Waals surface area contributed by atoms with Gasteiger partial charge in [0, 0.05) is 29.8 Å². The Morgan fingerprint density at radius 2 is 1.97 bits per heavy atom. The number of methoxy groups -OCH3 is 1. The normalized spacial score (nSPS) is 18.9. The van der Waals surface area contributed by atoms with E-state index < -0.39 is 32.6 Å². The van der Waals surface area contributed by atoms with E-state index in [-0.39, 0.29) is 12.1 Å². The van der Waals surface area contributed by atoms with Gasteiger partial charge in [-0.1, -0.05) is 25.1 Å². The first-order valence-electron chi connectivity index (χ1n) is 12.8. The molecule has 3 aromatic rings. The maximum Gasteiger partial charge on any atom is 0.311 e. The third-order valence-corrected chi connectivity index (χ3v) is 7.88. The van der Waals surface area contributed by atoms with Gasteiger partial charge in [-0.15, -0.1) is 0 Å². The fraction of sp³-hybridized carbons (Fsp3) is 0.370. The number of benzene rings is 2. The Hall–Kier alpha value is -4.61. The lowest BCUT2D eigenvalue weighted by molar-refractivity contribution is -0.537. The number of anilines is 1. The standard InChI is InChI=1S/C27H28N6O6/c1-3-27(12-6-13-31-14-11-19-18-7-4-5-8-20(18)28-25(19)26(27)31)23(16-24(34)39-2)30-29-21-10-9-17(32(35)36)15-22(21)33(37)38/h4-5,7-10,15,29H,3,6,11-14,16H2,1-2H3/p+1. The molecule has 39 heavy (non-hydrogen) atoms. The Morgan fingerprint density at radius 1 is 1.18 bits per heavy atom. The number of nitrogens with one attached hydrogen (secondary N) is 2. The van der Waals surface area contributed by atoms with Crippen LogP contribution in [0.25, 0.3) is 10.9 Å². The molecular formula is C27H29N6O6+. The maximum absolute atomic E-state index is 12.6. The van der Waals surface area contributed by atoms with Crippen LogP contribution in [0.3, 0.4) is 0 Å². The zero-order valence-corrected chi connectivity index (χ0v) is 21.7. The van der Waals surface area contributed by atoms with E-state index in [0.29, 0.717) is 12.1 Å². The minimum atomic E-state index is -0.699. The molecule has 0 bridgehead atoms. The van der Waals surface area contributed by atoms with Crippen LogP contribution in [0, 0.1) is 25.6 Å². The number of aromatic nitrogens is 1. The zero-order chi connectivity index (χ0) is 27.7. The first kappa shape index (κ1) is 26.0. The molecule has 202 valence electrons. The van der Waals surface area contributed by atoms with E-state index in [0.717, 1.165) is 55.3 Å². The molecule has 2 aliphatic heterocycles. The third-order valence-electron chi connectivity index (χ3n) is 7.88. The van der Waals surface area contributed by atoms with Crippen molar-refractivity contribution in [2.24, 2.45) is 10.5 Å². The molecule has 1 atom stereocenters. The number of carbonyl (C=O) groups excluding carboxylic acids is 1. The number of ether oxygens (including phenoxy) is 1. The molecule has 12 heteroatoms. The molecule has 2 N–H and O–H groups in total. The number of nitro groups is 2. The molecular weight excluding hydrogens is 504 g/mol. The van der Waals surface area contributed by atoms with Crippen LogP contribution in [0.15, 0.2) is 47.6 Å². The van der Waals surface area contributed by atoms with Crippen LogP contribution in [0.2, 0.25) is 0 Å². The molecule has 2 aromatic carbocycles. The summed E-state index contributed by atoms with van der Waals surface area (Å²) in [6.45, 7) is 3.76. The monoisotopic (exact) mass is 533 g/mol. The van der Waals surface area contributed by atoms with Gasteiger partial charge in [-0.3, -0.25) is 30.4 Å². The van der Waals surface area contributed by atoms with Gasteiger partial charge in [-0.05, 0) is 30.5 Å². The lowest BCUT2D eigenvalue weighted by Gasteiger charge is -2.38. The average molecular weight is 534 g/mol. The summed E-state index contributed by atoms with van der Waals surface area (Å²) in [4.78, 5) is 37.7. The number of hydrogen-bond donors (Lipinski definition) is 2. The summed E-state index contributed by atoms with van der Waals surface area (Å²) < 4.78 is 7.36. The molecule has 2 aliphatic rings. The van der Waals surface area contributed by atoms with Gasteiger partial charge in [0.05, 0.1) is 40.6 Å². The van der Waals surface area contributed by atoms with Gasteiger partial charge >= 0.3 is 11.7 Å². The minimum Gasteiger partial charge on any atom is -0.469 e. The number of rotatable bonds is 8. The molecule has 0 aliphatic carbocycles. The van der Waals surface area contributed by atoms with E-state index in [4.69, 9.17) is 4.74 Å². The number of nitro benzene ring substituents is 2. The minimum absolute atomic E-state index is 0.00757. The van der Waals surface area contributed by atoms with Crippen LogP contribution in [0.4, 0.5) is 17.1 Å². The van der Waals surface area contributed by atoms with Crippen molar-refractivity contribution >= 4 is 45.4 Å². The van der Waals surface area contributed by atoms with Gasteiger partial charge in [0.25, 0.3) is 5.69 Å². The predicted octanol–water partition coefficient (Wildman–Crippen LogP) is 4.56. The summed E-state index contributed by atoms with van der Waals surface area (Å²) in [6.07, 6.45) is 3.01. The lowest BCUT2D eigenvalue weighted by atomic mass is 9.67. The van der Waals surface area contributed by atoms with Gasteiger partial charge in [0.15, 0.2) is 0 Å². The fourth-order valence-electron chi connectivity index (χ4n) is 5.99. The highest BCUT2D eigenvalue weighted by atomic mass is 16.6. The Kier molecular flexibility index (Phi) is 6.85. The average Bonchev–Trinajstić information content (AvgIpc) is 3.33. The van der Waals surface area contributed by atoms with E-state index in [1.165, 1.54) is 30.2 Å². The van der Waals surface area contributed by atoms with E-state index in [1.807, 2.05) is 18.2 Å². The van der Waals surface area contributed by atoms with Crippen LogP contribution in [-0.2, 0) is 16.0 Å². The summed E-state index contributed by atoms with van der Waals surface area (Å²) in [5, 5.41) is 28.7. The molecule has 0 radical (unpaired) electrons. The Labute approximate surface area is 223 Å². The first-order chi connectivity index (χ1) is 18.8. The van der Waals surface area contributed by atoms with E-state index >= 15 is 0 Å². The molecule has 0 amide bonds. The van der Waals surface area contributed by atoms with Gasteiger partial charge in [0.1, 0.15) is 24.5 Å². The molecule has 1 unspecified atom stereocenters. The predicted molar refractivity (Wildman–Crippen MR) is 146 cm³/mol. The lowest BCUT2D eigenvalue weighted by Crippen LogP contribution is -2.51. The van der Waals surface area contributed by atoms with Crippen molar-refractivity contribution < 1.29 is 24.0 Å². The van der Waals surface area contributed by atoms with Gasteiger partial charge < -0.3 is 9.72 Å². The van der Waals surface area contributed by atoms with Crippen molar-refractivity contribution in [3.05, 3.63) is 74.0 Å². The van der Waals surface area contributed by atoms with Crippen LogP contribution < -0.4 is 5.43 Å². The number of nitrogens with zero attached hydrogens (tertiary/aromatic N) is 4. The molecule has 5 rings (SSSR count). The molecule has 0 saturated carbocycles. The third kappa shape index (κ3) is 4.51. The first-order valence-corrected chi connectivity index (χ1v) is 12.8. The van der Waals surface area contributed by atoms with Crippen molar-refractivity contribution in [1.29, 1.82) is 0 Å². The maximum atomic E-state index is 12.6. The summed E-state index contributed by atoms with van der Waals surface area (Å²) in [7, 11) is 1.31. The molecule has 12 nitrogen and oxygen atoms in total. The van der Waals surface area contributed by atoms with Crippen LogP contribution in [-0.4, -0.2) is 57.0 Å². The Morgan fingerprint density at radius 3 is 2.69 bits per heavy atom. The zero-order valence-electron chi connectivity index (χ0n) is 21.7. The van der Waals surface area contributed by atoms with Crippen LogP contribution >= 0.6 is 0 Å². The van der Waals surface area contributed by atoms with Crippen molar-refractivity contribution in [3.8, 4) is 0 Å². The molecule has 0 spiro atoms. The quantitative estimate of drug-likeness (QED) is 0.141. The molecule has 3 heterocycles. The number of hydrogen-bond acceptors (Lipinski definition) is 8. The SMILES string of the molecule is CCC1(C(CC(=O)OC)=NNc2ccc([N+](=O)[O-])cc2[N+](=O)[O-])CCC[N+]2=C1c1[nH]c3ccccc3c1CC2. The Balaban J connectivity index is 1.65. The number of esters is 1. The second-order valence-electron chi connectivity index (χ2n) is 9.79. The summed E-state index contributed by atoms with van der Waals surface area (Å²) >= 11 is 0. The molecule has 0 fully saturated rings. The van der Waals surface area contributed by atoms with Crippen molar-refractivity contribution in [2.45, 2.75) is 39.0 Å². The number of aromatic amines is 1. The van der Waals surface area contributed by atoms with Gasteiger partial charge in [-0.2, -0.15) is 5.10 Å². The topological polar surface area (TPSA) is 156 Å². The smallest absolute Gasteiger partial charge is 0.311 e. The van der Waals surface area contributed by atoms with Gasteiger partial charge in [0.2, 0.25) is 5.71 Å². The summed E-state index contributed by atoms with van der Waals surface area (Å²) in [5.41, 5.74) is 6.09. The number of carbonyl (C=O) groups is 1. The fourth-order valence-corrected chi connectivity index (χ4v) is 5.99. The van der Waals surface area contributed by atoms with Crippen LogP contribution in [0.5, 0.6) is 0 Å². The number of hydrazone groups is 1. The molecule has 0 saturated heterocycles. The number of H-pyrrole nitrogens is 1. The van der Waals surface area contributed by atoms with Crippen LogP contribution in [0.1, 0.15) is 43.9 Å². The van der Waals surface area contributed by atoms with Crippen molar-refractivity contribution in [1.82, 2.24) is 4.98 Å². The van der Waals surface area contributed by atoms with E-state index in [1.54, 1.807) is 0 Å². The Bertz CT molecular complexity index is 1560. The highest BCUT2D eigenvalue weighted by molar-refractivity contribution is 6.21. The van der Waals surface area contributed by atoms with E-state index in [2.05, 4.69) is 33.1 Å². The second-order valence-corrected chi connectivity index (χ2v) is 9.79. The largest absolute Gasteiger partial charge is 0.469 e. The number of para-hydroxylation sites is 1. The highest BCUT2D eigenvalue weighted by Crippen LogP contribution is 2.42. The van der Waals surface area contributed by atoms with Crippen molar-refractivity contribution in [2.75, 3.05) is 25.6 Å².